The summed E-state index contributed by atoms with van der Waals surface area (Å²) in [6, 6.07) is 25.9. The van der Waals surface area contributed by atoms with Gasteiger partial charge >= 0.3 is 5.97 Å². The van der Waals surface area contributed by atoms with Gasteiger partial charge in [-0.2, -0.15) is 10.5 Å². The number of hydrogen-bond donors (Lipinski definition) is 2. The summed E-state index contributed by atoms with van der Waals surface area (Å²) in [5.41, 5.74) is 9.41. The van der Waals surface area contributed by atoms with Gasteiger partial charge in [0, 0.05) is 65.7 Å². The van der Waals surface area contributed by atoms with Crippen LogP contribution in [-0.4, -0.2) is 43.6 Å². The Bertz CT molecular complexity index is 2750. The highest BCUT2D eigenvalue weighted by Gasteiger charge is 2.29. The number of ether oxygens (including phenoxy) is 4. The molecule has 0 saturated carbocycles. The van der Waals surface area contributed by atoms with Gasteiger partial charge in [0.1, 0.15) is 67.6 Å². The number of halogens is 2. The molecule has 0 unspecified atom stereocenters. The van der Waals surface area contributed by atoms with Crippen LogP contribution in [0.25, 0.3) is 11.1 Å². The van der Waals surface area contributed by atoms with Crippen molar-refractivity contribution >= 4 is 29.2 Å². The third kappa shape index (κ3) is 10.9. The van der Waals surface area contributed by atoms with Crippen LogP contribution in [0.4, 0.5) is 0 Å². The number of rotatable bonds is 17. The van der Waals surface area contributed by atoms with E-state index >= 15 is 0 Å². The molecule has 0 spiro atoms. The Labute approximate surface area is 381 Å². The molecule has 1 aliphatic heterocycles. The van der Waals surface area contributed by atoms with Gasteiger partial charge in [0.2, 0.25) is 0 Å². The molecule has 64 heavy (non-hydrogen) atoms. The van der Waals surface area contributed by atoms with Crippen molar-refractivity contribution in [3.8, 4) is 46.3 Å². The fourth-order valence-corrected chi connectivity index (χ4v) is 8.20. The quantitative estimate of drug-likeness (QED) is 0.0889. The maximum Gasteiger partial charge on any atom is 0.320 e. The molecule has 6 aromatic rings. The Kier molecular flexibility index (Phi) is 15.0. The summed E-state index contributed by atoms with van der Waals surface area (Å²) < 4.78 is 25.0. The van der Waals surface area contributed by atoms with E-state index < -0.39 is 12.0 Å². The normalized spacial score (nSPS) is 13.7. The monoisotopic (exact) mass is 897 g/mol. The lowest BCUT2D eigenvalue weighted by Gasteiger charge is -2.33. The molecule has 3 heterocycles. The van der Waals surface area contributed by atoms with Crippen LogP contribution < -0.4 is 18.9 Å². The molecule has 2 aromatic heterocycles. The summed E-state index contributed by atoms with van der Waals surface area (Å²) >= 11 is 13.5. The molecular formula is C50H45Cl2N5O7. The molecule has 0 bridgehead atoms. The smallest absolute Gasteiger partial charge is 0.320 e. The Morgan fingerprint density at radius 2 is 1.19 bits per heavy atom. The van der Waals surface area contributed by atoms with Crippen molar-refractivity contribution in [2.45, 2.75) is 78.7 Å². The summed E-state index contributed by atoms with van der Waals surface area (Å²) in [7, 11) is 0. The lowest BCUT2D eigenvalue weighted by Crippen LogP contribution is -2.44. The van der Waals surface area contributed by atoms with E-state index in [1.54, 1.807) is 48.8 Å². The topological polar surface area (TPSA) is 171 Å². The van der Waals surface area contributed by atoms with E-state index in [9.17, 15) is 25.5 Å². The first-order chi connectivity index (χ1) is 31.0. The predicted octanol–water partition coefficient (Wildman–Crippen LogP) is 10.1. The minimum Gasteiger partial charge on any atom is -0.488 e. The Balaban J connectivity index is 1.08. The molecule has 4 aromatic carbocycles. The molecule has 0 aliphatic carbocycles. The number of carboxylic acid groups (broad SMARTS) is 1. The molecule has 2 N–H and O–H groups in total. The van der Waals surface area contributed by atoms with Gasteiger partial charge in [0.25, 0.3) is 0 Å². The maximum absolute atomic E-state index is 12.1. The van der Waals surface area contributed by atoms with E-state index in [1.807, 2.05) is 43.0 Å². The van der Waals surface area contributed by atoms with E-state index in [1.165, 1.54) is 12.4 Å². The molecule has 0 amide bonds. The van der Waals surface area contributed by atoms with Crippen molar-refractivity contribution in [3.05, 3.63) is 163 Å². The van der Waals surface area contributed by atoms with E-state index in [0.717, 1.165) is 51.8 Å². The number of pyridine rings is 2. The number of aliphatic hydroxyl groups excluding tert-OH is 1. The molecule has 1 aliphatic rings. The van der Waals surface area contributed by atoms with Crippen molar-refractivity contribution < 1.29 is 34.0 Å². The van der Waals surface area contributed by atoms with Crippen molar-refractivity contribution in [2.75, 3.05) is 6.54 Å². The number of benzene rings is 4. The zero-order valence-corrected chi connectivity index (χ0v) is 36.8. The minimum atomic E-state index is -0.855. The zero-order chi connectivity index (χ0) is 45.2. The van der Waals surface area contributed by atoms with Gasteiger partial charge in [-0.15, -0.1) is 0 Å². The lowest BCUT2D eigenvalue weighted by atomic mass is 9.92. The largest absolute Gasteiger partial charge is 0.488 e. The van der Waals surface area contributed by atoms with E-state index in [0.29, 0.717) is 80.4 Å². The Morgan fingerprint density at radius 1 is 0.688 bits per heavy atom. The second kappa shape index (κ2) is 21.1. The summed E-state index contributed by atoms with van der Waals surface area (Å²) in [4.78, 5) is 22.3. The van der Waals surface area contributed by atoms with Crippen LogP contribution in [0, 0.1) is 36.5 Å². The van der Waals surface area contributed by atoms with Crippen molar-refractivity contribution in [1.29, 1.82) is 10.5 Å². The number of likely N-dealkylation sites (tertiary alicyclic amines) is 1. The zero-order valence-electron chi connectivity index (χ0n) is 35.3. The van der Waals surface area contributed by atoms with Gasteiger partial charge in [0.05, 0.1) is 27.8 Å². The summed E-state index contributed by atoms with van der Waals surface area (Å²) in [5, 5.41) is 39.3. The number of aromatic nitrogens is 2. The van der Waals surface area contributed by atoms with Crippen LogP contribution in [0.5, 0.6) is 23.0 Å². The molecule has 326 valence electrons. The van der Waals surface area contributed by atoms with Gasteiger partial charge in [-0.25, -0.2) is 0 Å². The third-order valence-electron chi connectivity index (χ3n) is 11.3. The third-order valence-corrected chi connectivity index (χ3v) is 11.8. The molecule has 12 nitrogen and oxygen atoms in total. The van der Waals surface area contributed by atoms with E-state index in [4.69, 9.17) is 42.1 Å². The average molecular weight is 899 g/mol. The number of nitrogens with zero attached hydrogens (tertiary/aromatic N) is 5. The number of carboxylic acids is 1. The first-order valence-corrected chi connectivity index (χ1v) is 21.4. The molecule has 1 saturated heterocycles. The highest BCUT2D eigenvalue weighted by Crippen LogP contribution is 2.38. The molecule has 1 atom stereocenters. The molecule has 1 fully saturated rings. The lowest BCUT2D eigenvalue weighted by molar-refractivity contribution is -0.144. The Hall–Kier alpha value is -6.67. The standard InChI is InChI=1S/C50H45Cl2N5O7/c1-31-37(29-63-48-17-46(61-27-35-13-33(19-53)21-55-23-35)39(15-43(48)51)25-57-12-4-3-11-45(57)50(59)60)7-5-9-41(31)42-10-6-8-38(32(42)2)30-64-49-18-47(40(26-58)16-44(49)52)62-28-36-14-34(20-54)22-56-24-36/h5-10,13-18,21-24,45,58H,3-4,11-12,25-30H2,1-2H3,(H,59,60)/t45-/m0/s1. The number of aliphatic hydroxyl groups is 1. The van der Waals surface area contributed by atoms with E-state index in [2.05, 4.69) is 34.2 Å². The van der Waals surface area contributed by atoms with Crippen molar-refractivity contribution in [1.82, 2.24) is 14.9 Å². The van der Waals surface area contributed by atoms with Crippen LogP contribution in [0.2, 0.25) is 10.0 Å². The first-order valence-electron chi connectivity index (χ1n) is 20.6. The average Bonchev–Trinajstić information content (AvgIpc) is 3.31. The highest BCUT2D eigenvalue weighted by molar-refractivity contribution is 6.32. The highest BCUT2D eigenvalue weighted by atomic mass is 35.5. The summed E-state index contributed by atoms with van der Waals surface area (Å²) in [6.07, 6.45) is 8.52. The molecule has 14 heteroatoms. The SMILES string of the molecule is Cc1c(COc2cc(OCc3cncc(C#N)c3)c(CO)cc2Cl)cccc1-c1cccc(COc2cc(OCc3cncc(C#N)c3)c(CN3CCCC[C@H]3C(=O)O)cc2Cl)c1C. The van der Waals surface area contributed by atoms with Crippen LogP contribution >= 0.6 is 23.2 Å². The Morgan fingerprint density at radius 3 is 1.69 bits per heavy atom. The number of piperidine rings is 1. The summed E-state index contributed by atoms with van der Waals surface area (Å²) in [5.74, 6) is 0.829. The molecular weight excluding hydrogens is 853 g/mol. The number of hydrogen-bond acceptors (Lipinski definition) is 11. The van der Waals surface area contributed by atoms with E-state index in [-0.39, 0.29) is 33.0 Å². The summed E-state index contributed by atoms with van der Waals surface area (Å²) in [6.45, 7) is 5.43. The minimum absolute atomic E-state index is 0.126. The van der Waals surface area contributed by atoms with Gasteiger partial charge in [-0.05, 0) is 90.9 Å². The van der Waals surface area contributed by atoms with Gasteiger partial charge < -0.3 is 29.2 Å². The first kappa shape index (κ1) is 45.4. The number of carbonyl (C=O) groups is 1. The van der Waals surface area contributed by atoms with Crippen LogP contribution in [0.3, 0.4) is 0 Å². The second-order valence-corrected chi connectivity index (χ2v) is 16.3. The van der Waals surface area contributed by atoms with Crippen molar-refractivity contribution in [2.24, 2.45) is 0 Å². The van der Waals surface area contributed by atoms with Crippen LogP contribution in [-0.2, 0) is 44.4 Å². The second-order valence-electron chi connectivity index (χ2n) is 15.5. The fourth-order valence-electron chi connectivity index (χ4n) is 7.72. The number of aliphatic carboxylic acids is 1. The van der Waals surface area contributed by atoms with Crippen molar-refractivity contribution in [3.63, 3.8) is 0 Å². The predicted molar refractivity (Wildman–Crippen MR) is 241 cm³/mol. The van der Waals surface area contributed by atoms with Crippen LogP contribution in [0.1, 0.15) is 74.9 Å². The fraction of sp³-hybridized carbons (Fsp3) is 0.260. The number of nitriles is 2. The van der Waals surface area contributed by atoms with Gasteiger partial charge in [-0.3, -0.25) is 19.7 Å². The van der Waals surface area contributed by atoms with Crippen LogP contribution in [0.15, 0.2) is 97.6 Å². The van der Waals surface area contributed by atoms with Gasteiger partial charge in [-0.1, -0.05) is 66.0 Å². The maximum atomic E-state index is 12.1. The molecule has 7 rings (SSSR count). The van der Waals surface area contributed by atoms with Gasteiger partial charge in [0.15, 0.2) is 0 Å². The molecule has 0 radical (unpaired) electrons.